The standard InChI is InChI=1S/C18H27NO3/c1-11(2)4-16(20)22-12(3)17(21)19-18-8-13-5-14(9-18)7-15(6-13)10-18/h4,12-15H,5-10H2,1-3H3,(H,19,21)/t12-,13?,14?,15?,18?/m1/s1. The lowest BCUT2D eigenvalue weighted by atomic mass is 9.53. The van der Waals surface area contributed by atoms with Crippen LogP contribution in [0.2, 0.25) is 0 Å². The Kier molecular flexibility index (Phi) is 4.04. The quantitative estimate of drug-likeness (QED) is 0.642. The van der Waals surface area contributed by atoms with Crippen molar-refractivity contribution >= 4 is 11.9 Å². The highest BCUT2D eigenvalue weighted by Gasteiger charge is 2.51. The minimum absolute atomic E-state index is 0.0248. The lowest BCUT2D eigenvalue weighted by Crippen LogP contribution is -2.61. The van der Waals surface area contributed by atoms with Crippen LogP contribution in [0.5, 0.6) is 0 Å². The lowest BCUT2D eigenvalue weighted by molar-refractivity contribution is -0.152. The summed E-state index contributed by atoms with van der Waals surface area (Å²) in [5.41, 5.74) is 0.849. The van der Waals surface area contributed by atoms with Crippen LogP contribution >= 0.6 is 0 Å². The maximum absolute atomic E-state index is 12.4. The molecule has 0 unspecified atom stereocenters. The monoisotopic (exact) mass is 305 g/mol. The summed E-state index contributed by atoms with van der Waals surface area (Å²) in [5, 5.41) is 3.25. The molecule has 0 aromatic carbocycles. The van der Waals surface area contributed by atoms with Crippen LogP contribution in [0.3, 0.4) is 0 Å². The van der Waals surface area contributed by atoms with Gasteiger partial charge in [0.1, 0.15) is 0 Å². The first-order valence-corrected chi connectivity index (χ1v) is 8.53. The first-order valence-electron chi connectivity index (χ1n) is 8.53. The number of ether oxygens (including phenoxy) is 1. The second kappa shape index (κ2) is 5.71. The van der Waals surface area contributed by atoms with E-state index in [9.17, 15) is 9.59 Å². The van der Waals surface area contributed by atoms with Crippen molar-refractivity contribution in [1.29, 1.82) is 0 Å². The van der Waals surface area contributed by atoms with Crippen LogP contribution in [0, 0.1) is 17.8 Å². The number of carbonyl (C=O) groups excluding carboxylic acids is 2. The Morgan fingerprint density at radius 3 is 2.05 bits per heavy atom. The number of nitrogens with one attached hydrogen (secondary N) is 1. The molecule has 4 heteroatoms. The van der Waals surface area contributed by atoms with Crippen molar-refractivity contribution in [3.05, 3.63) is 11.6 Å². The number of hydrogen-bond acceptors (Lipinski definition) is 3. The van der Waals surface area contributed by atoms with Crippen molar-refractivity contribution < 1.29 is 14.3 Å². The van der Waals surface area contributed by atoms with Crippen LogP contribution in [0.25, 0.3) is 0 Å². The smallest absolute Gasteiger partial charge is 0.331 e. The number of esters is 1. The fourth-order valence-corrected chi connectivity index (χ4v) is 5.12. The molecule has 0 aromatic heterocycles. The zero-order chi connectivity index (χ0) is 15.9. The van der Waals surface area contributed by atoms with E-state index >= 15 is 0 Å². The maximum Gasteiger partial charge on any atom is 0.331 e. The molecule has 0 radical (unpaired) electrons. The summed E-state index contributed by atoms with van der Waals surface area (Å²) in [4.78, 5) is 24.1. The third kappa shape index (κ3) is 3.21. The predicted octanol–water partition coefficient (Wildman–Crippen LogP) is 2.97. The second-order valence-corrected chi connectivity index (χ2v) is 7.99. The molecule has 1 N–H and O–H groups in total. The second-order valence-electron chi connectivity index (χ2n) is 7.99. The zero-order valence-corrected chi connectivity index (χ0v) is 13.9. The molecule has 4 fully saturated rings. The van der Waals surface area contributed by atoms with E-state index in [1.165, 1.54) is 25.3 Å². The topological polar surface area (TPSA) is 55.4 Å². The highest BCUT2D eigenvalue weighted by molar-refractivity contribution is 5.88. The van der Waals surface area contributed by atoms with Crippen molar-refractivity contribution in [3.8, 4) is 0 Å². The number of hydrogen-bond donors (Lipinski definition) is 1. The zero-order valence-electron chi connectivity index (χ0n) is 13.9. The van der Waals surface area contributed by atoms with E-state index in [0.29, 0.717) is 0 Å². The van der Waals surface area contributed by atoms with Crippen LogP contribution in [-0.4, -0.2) is 23.5 Å². The molecule has 4 rings (SSSR count). The summed E-state index contributed by atoms with van der Waals surface area (Å²) >= 11 is 0. The van der Waals surface area contributed by atoms with Gasteiger partial charge in [-0.3, -0.25) is 4.79 Å². The number of allylic oxidation sites excluding steroid dienone is 1. The summed E-state index contributed by atoms with van der Waals surface area (Å²) in [7, 11) is 0. The van der Waals surface area contributed by atoms with E-state index in [2.05, 4.69) is 5.32 Å². The SMILES string of the molecule is CC(C)=CC(=O)O[C@H](C)C(=O)NC12CC3CC(CC(C3)C1)C2. The van der Waals surface area contributed by atoms with Crippen molar-refractivity contribution in [3.63, 3.8) is 0 Å². The van der Waals surface area contributed by atoms with Crippen molar-refractivity contribution in [2.75, 3.05) is 0 Å². The van der Waals surface area contributed by atoms with Gasteiger partial charge < -0.3 is 10.1 Å². The third-order valence-electron chi connectivity index (χ3n) is 5.50. The molecule has 4 nitrogen and oxygen atoms in total. The van der Waals surface area contributed by atoms with Gasteiger partial charge in [-0.15, -0.1) is 0 Å². The molecule has 0 spiro atoms. The van der Waals surface area contributed by atoms with E-state index in [-0.39, 0.29) is 11.4 Å². The molecular weight excluding hydrogens is 278 g/mol. The molecule has 0 saturated heterocycles. The van der Waals surface area contributed by atoms with E-state index in [1.807, 2.05) is 13.8 Å². The van der Waals surface area contributed by atoms with Gasteiger partial charge in [0.2, 0.25) is 0 Å². The minimum Gasteiger partial charge on any atom is -0.449 e. The largest absolute Gasteiger partial charge is 0.449 e. The molecular formula is C18H27NO3. The van der Waals surface area contributed by atoms with Gasteiger partial charge in [-0.1, -0.05) is 5.57 Å². The fraction of sp³-hybridized carbons (Fsp3) is 0.778. The number of rotatable bonds is 4. The molecule has 22 heavy (non-hydrogen) atoms. The normalized spacial score (nSPS) is 36.6. The molecule has 4 bridgehead atoms. The van der Waals surface area contributed by atoms with Gasteiger partial charge in [0, 0.05) is 11.6 Å². The average Bonchev–Trinajstić information content (AvgIpc) is 2.34. The molecule has 0 aromatic rings. The van der Waals surface area contributed by atoms with Crippen molar-refractivity contribution in [2.24, 2.45) is 17.8 Å². The predicted molar refractivity (Wildman–Crippen MR) is 84.0 cm³/mol. The Morgan fingerprint density at radius 2 is 1.59 bits per heavy atom. The van der Waals surface area contributed by atoms with Crippen LogP contribution in [-0.2, 0) is 14.3 Å². The summed E-state index contributed by atoms with van der Waals surface area (Å²) < 4.78 is 5.21. The fourth-order valence-electron chi connectivity index (χ4n) is 5.12. The highest BCUT2D eigenvalue weighted by Crippen LogP contribution is 2.55. The highest BCUT2D eigenvalue weighted by atomic mass is 16.5. The Balaban J connectivity index is 1.59. The van der Waals surface area contributed by atoms with Crippen LogP contribution in [0.4, 0.5) is 0 Å². The first-order chi connectivity index (χ1) is 10.3. The molecule has 1 atom stereocenters. The summed E-state index contributed by atoms with van der Waals surface area (Å²) in [5.74, 6) is 1.78. The number of amides is 1. The maximum atomic E-state index is 12.4. The van der Waals surface area contributed by atoms with E-state index in [0.717, 1.165) is 42.6 Å². The van der Waals surface area contributed by atoms with E-state index in [4.69, 9.17) is 4.74 Å². The van der Waals surface area contributed by atoms with Gasteiger partial charge in [0.05, 0.1) is 0 Å². The van der Waals surface area contributed by atoms with E-state index < -0.39 is 12.1 Å². The van der Waals surface area contributed by atoms with Gasteiger partial charge in [0.25, 0.3) is 5.91 Å². The lowest BCUT2D eigenvalue weighted by Gasteiger charge is -2.57. The molecule has 0 heterocycles. The first kappa shape index (κ1) is 15.6. The van der Waals surface area contributed by atoms with Crippen molar-refractivity contribution in [2.45, 2.75) is 70.9 Å². The molecule has 0 aliphatic heterocycles. The average molecular weight is 305 g/mol. The Labute approximate surface area is 132 Å². The van der Waals surface area contributed by atoms with E-state index in [1.54, 1.807) is 6.92 Å². The summed E-state index contributed by atoms with van der Waals surface area (Å²) in [6.07, 6.45) is 8.07. The molecule has 4 saturated carbocycles. The van der Waals surface area contributed by atoms with Gasteiger partial charge in [-0.05, 0) is 77.0 Å². The van der Waals surface area contributed by atoms with Gasteiger partial charge in [0.15, 0.2) is 6.10 Å². The van der Waals surface area contributed by atoms with Crippen LogP contribution in [0.15, 0.2) is 11.6 Å². The summed E-state index contributed by atoms with van der Waals surface area (Å²) in [6, 6.07) is 0. The third-order valence-corrected chi connectivity index (χ3v) is 5.50. The van der Waals surface area contributed by atoms with Gasteiger partial charge >= 0.3 is 5.97 Å². The molecule has 4 aliphatic rings. The minimum atomic E-state index is -0.726. The van der Waals surface area contributed by atoms with Crippen LogP contribution < -0.4 is 5.32 Å². The summed E-state index contributed by atoms with van der Waals surface area (Å²) in [6.45, 7) is 5.33. The van der Waals surface area contributed by atoms with Crippen molar-refractivity contribution in [1.82, 2.24) is 5.32 Å². The molecule has 4 aliphatic carbocycles. The van der Waals surface area contributed by atoms with Gasteiger partial charge in [-0.2, -0.15) is 0 Å². The Bertz CT molecular complexity index is 469. The number of carbonyl (C=O) groups is 2. The Hall–Kier alpha value is -1.32. The molecule has 122 valence electrons. The van der Waals surface area contributed by atoms with Crippen LogP contribution in [0.1, 0.15) is 59.3 Å². The molecule has 1 amide bonds. The Morgan fingerprint density at radius 1 is 1.09 bits per heavy atom. The van der Waals surface area contributed by atoms with Gasteiger partial charge in [-0.25, -0.2) is 4.79 Å².